The third kappa shape index (κ3) is 2.75. The van der Waals surface area contributed by atoms with Gasteiger partial charge in [-0.3, -0.25) is 4.79 Å². The highest BCUT2D eigenvalue weighted by Gasteiger charge is 2.48. The predicted molar refractivity (Wildman–Crippen MR) is 77.5 cm³/mol. The van der Waals surface area contributed by atoms with Crippen LogP contribution < -0.4 is 11.1 Å². The minimum Gasteiger partial charge on any atom is -0.409 e. The van der Waals surface area contributed by atoms with Gasteiger partial charge in [-0.05, 0) is 45.6 Å². The molecule has 0 bridgehead atoms. The summed E-state index contributed by atoms with van der Waals surface area (Å²) in [4.78, 5) is 14.8. The van der Waals surface area contributed by atoms with E-state index in [9.17, 15) is 4.79 Å². The Hall–Kier alpha value is -1.30. The summed E-state index contributed by atoms with van der Waals surface area (Å²) in [6.45, 7) is 7.21. The molecule has 0 aromatic carbocycles. The lowest BCUT2D eigenvalue weighted by atomic mass is 9.67. The van der Waals surface area contributed by atoms with E-state index >= 15 is 0 Å². The van der Waals surface area contributed by atoms with Gasteiger partial charge in [0.15, 0.2) is 5.84 Å². The number of nitrogens with two attached hydrogens (primary N) is 1. The van der Waals surface area contributed by atoms with Gasteiger partial charge in [-0.25, -0.2) is 0 Å². The first kappa shape index (κ1) is 15.1. The Morgan fingerprint density at radius 3 is 2.70 bits per heavy atom. The van der Waals surface area contributed by atoms with Gasteiger partial charge in [0.05, 0.1) is 0 Å². The number of nitrogens with zero attached hydrogens (tertiary/aromatic N) is 2. The second-order valence-electron chi connectivity index (χ2n) is 6.37. The van der Waals surface area contributed by atoms with E-state index in [1.54, 1.807) is 0 Å². The fourth-order valence-corrected chi connectivity index (χ4v) is 3.13. The number of oxime groups is 1. The average Bonchev–Trinajstić information content (AvgIpc) is 2.83. The van der Waals surface area contributed by atoms with Gasteiger partial charge < -0.3 is 21.2 Å². The molecular formula is C14H26N4O2. The Labute approximate surface area is 120 Å². The van der Waals surface area contributed by atoms with Gasteiger partial charge in [0.25, 0.3) is 0 Å². The summed E-state index contributed by atoms with van der Waals surface area (Å²) >= 11 is 0. The number of carbonyl (C=O) groups excluding carboxylic acids is 1. The van der Waals surface area contributed by atoms with Crippen LogP contribution in [0.15, 0.2) is 5.16 Å². The van der Waals surface area contributed by atoms with Crippen molar-refractivity contribution in [3.8, 4) is 0 Å². The number of amidine groups is 1. The van der Waals surface area contributed by atoms with Crippen molar-refractivity contribution in [1.82, 2.24) is 10.2 Å². The summed E-state index contributed by atoms with van der Waals surface area (Å²) in [5.41, 5.74) is 4.93. The highest BCUT2D eigenvalue weighted by Crippen LogP contribution is 2.41. The highest BCUT2D eigenvalue weighted by atomic mass is 16.4. The van der Waals surface area contributed by atoms with E-state index in [0.717, 1.165) is 25.9 Å². The molecular weight excluding hydrogens is 256 g/mol. The van der Waals surface area contributed by atoms with E-state index in [-0.39, 0.29) is 11.7 Å². The van der Waals surface area contributed by atoms with E-state index in [4.69, 9.17) is 10.9 Å². The SMILES string of the molecule is CC(C)N1CCC(CNC(=O)C2(C(N)=NO)CCC2)C1. The predicted octanol–water partition coefficient (Wildman–Crippen LogP) is 0.750. The molecule has 0 aromatic rings. The summed E-state index contributed by atoms with van der Waals surface area (Å²) in [7, 11) is 0. The number of hydrogen-bond donors (Lipinski definition) is 3. The third-order valence-corrected chi connectivity index (χ3v) is 4.84. The van der Waals surface area contributed by atoms with Crippen LogP contribution in [0, 0.1) is 11.3 Å². The Balaban J connectivity index is 1.84. The van der Waals surface area contributed by atoms with Gasteiger partial charge in [-0.1, -0.05) is 11.6 Å². The Kier molecular flexibility index (Phi) is 4.52. The Bertz CT molecular complexity index is 391. The average molecular weight is 282 g/mol. The van der Waals surface area contributed by atoms with Gasteiger partial charge in [-0.2, -0.15) is 0 Å². The van der Waals surface area contributed by atoms with Crippen molar-refractivity contribution in [1.29, 1.82) is 0 Å². The smallest absolute Gasteiger partial charge is 0.233 e. The standard InChI is InChI=1S/C14H26N4O2/c1-10(2)18-7-4-11(9-18)8-16-13(19)14(5-3-6-14)12(15)17-20/h10-11,20H,3-9H2,1-2H3,(H2,15,17)(H,16,19). The molecule has 1 aliphatic heterocycles. The van der Waals surface area contributed by atoms with E-state index in [1.807, 2.05) is 0 Å². The highest BCUT2D eigenvalue weighted by molar-refractivity contribution is 6.07. The van der Waals surface area contributed by atoms with Crippen LogP contribution in [0.5, 0.6) is 0 Å². The largest absolute Gasteiger partial charge is 0.409 e. The van der Waals surface area contributed by atoms with Crippen molar-refractivity contribution in [3.05, 3.63) is 0 Å². The molecule has 2 aliphatic rings. The molecule has 1 amide bonds. The molecule has 4 N–H and O–H groups in total. The lowest BCUT2D eigenvalue weighted by molar-refractivity contribution is -0.131. The number of rotatable bonds is 5. The number of likely N-dealkylation sites (tertiary alicyclic amines) is 1. The lowest BCUT2D eigenvalue weighted by Crippen LogP contribution is -2.54. The van der Waals surface area contributed by atoms with Crippen molar-refractivity contribution < 1.29 is 10.0 Å². The summed E-state index contributed by atoms with van der Waals surface area (Å²) in [6, 6.07) is 0.561. The molecule has 1 atom stereocenters. The van der Waals surface area contributed by atoms with Crippen LogP contribution in [-0.2, 0) is 4.79 Å². The van der Waals surface area contributed by atoms with Gasteiger partial charge >= 0.3 is 0 Å². The van der Waals surface area contributed by atoms with Crippen molar-refractivity contribution in [2.24, 2.45) is 22.2 Å². The maximum Gasteiger partial charge on any atom is 0.233 e. The van der Waals surface area contributed by atoms with E-state index in [0.29, 0.717) is 31.3 Å². The first-order valence-electron chi connectivity index (χ1n) is 7.50. The Morgan fingerprint density at radius 1 is 1.55 bits per heavy atom. The van der Waals surface area contributed by atoms with Crippen LogP contribution in [0.3, 0.4) is 0 Å². The molecule has 1 unspecified atom stereocenters. The van der Waals surface area contributed by atoms with E-state index in [2.05, 4.69) is 29.2 Å². The van der Waals surface area contributed by atoms with Gasteiger partial charge in [0.1, 0.15) is 5.41 Å². The second-order valence-corrected chi connectivity index (χ2v) is 6.37. The number of carbonyl (C=O) groups is 1. The topological polar surface area (TPSA) is 91.0 Å². The van der Waals surface area contributed by atoms with Crippen LogP contribution in [0.2, 0.25) is 0 Å². The molecule has 6 nitrogen and oxygen atoms in total. The van der Waals surface area contributed by atoms with Gasteiger partial charge in [0, 0.05) is 19.1 Å². The minimum atomic E-state index is -0.759. The monoisotopic (exact) mass is 282 g/mol. The third-order valence-electron chi connectivity index (χ3n) is 4.84. The molecule has 0 radical (unpaired) electrons. The number of nitrogens with one attached hydrogen (secondary N) is 1. The zero-order valence-corrected chi connectivity index (χ0v) is 12.4. The number of hydrogen-bond acceptors (Lipinski definition) is 4. The first-order valence-corrected chi connectivity index (χ1v) is 7.50. The summed E-state index contributed by atoms with van der Waals surface area (Å²) < 4.78 is 0. The molecule has 20 heavy (non-hydrogen) atoms. The molecule has 0 aromatic heterocycles. The molecule has 1 heterocycles. The zero-order chi connectivity index (χ0) is 14.8. The van der Waals surface area contributed by atoms with Crippen molar-refractivity contribution in [3.63, 3.8) is 0 Å². The van der Waals surface area contributed by atoms with Crippen LogP contribution in [-0.4, -0.2) is 47.5 Å². The van der Waals surface area contributed by atoms with Gasteiger partial charge in [-0.15, -0.1) is 0 Å². The maximum absolute atomic E-state index is 12.3. The Morgan fingerprint density at radius 2 is 2.25 bits per heavy atom. The molecule has 114 valence electrons. The van der Waals surface area contributed by atoms with E-state index in [1.165, 1.54) is 0 Å². The first-order chi connectivity index (χ1) is 9.49. The van der Waals surface area contributed by atoms with Crippen LogP contribution in [0.1, 0.15) is 39.5 Å². The minimum absolute atomic E-state index is 0.0523. The van der Waals surface area contributed by atoms with Crippen LogP contribution in [0.4, 0.5) is 0 Å². The lowest BCUT2D eigenvalue weighted by Gasteiger charge is -2.38. The molecule has 1 aliphatic carbocycles. The molecule has 2 fully saturated rings. The maximum atomic E-state index is 12.3. The molecule has 2 rings (SSSR count). The fourth-order valence-electron chi connectivity index (χ4n) is 3.13. The quantitative estimate of drug-likeness (QED) is 0.300. The summed E-state index contributed by atoms with van der Waals surface area (Å²) in [5.74, 6) is 0.476. The molecule has 1 saturated carbocycles. The molecule has 0 spiro atoms. The second kappa shape index (κ2) is 5.99. The summed E-state index contributed by atoms with van der Waals surface area (Å²) in [6.07, 6.45) is 3.43. The van der Waals surface area contributed by atoms with E-state index < -0.39 is 5.41 Å². The van der Waals surface area contributed by atoms with Gasteiger partial charge in [0.2, 0.25) is 5.91 Å². The normalized spacial score (nSPS) is 26.6. The molecule has 1 saturated heterocycles. The molecule has 6 heteroatoms. The van der Waals surface area contributed by atoms with Crippen LogP contribution in [0.25, 0.3) is 0 Å². The zero-order valence-electron chi connectivity index (χ0n) is 12.4. The summed E-state index contributed by atoms with van der Waals surface area (Å²) in [5, 5.41) is 14.9. The van der Waals surface area contributed by atoms with Crippen molar-refractivity contribution in [2.45, 2.75) is 45.6 Å². The fraction of sp³-hybridized carbons (Fsp3) is 0.857. The van der Waals surface area contributed by atoms with Crippen molar-refractivity contribution in [2.75, 3.05) is 19.6 Å². The number of amides is 1. The van der Waals surface area contributed by atoms with Crippen LogP contribution >= 0.6 is 0 Å². The van der Waals surface area contributed by atoms with Crippen molar-refractivity contribution >= 4 is 11.7 Å².